The Morgan fingerprint density at radius 3 is 2.89 bits per heavy atom. The van der Waals surface area contributed by atoms with Crippen LogP contribution in [0.15, 0.2) is 18.3 Å². The van der Waals surface area contributed by atoms with E-state index in [4.69, 9.17) is 9.84 Å². The predicted octanol–water partition coefficient (Wildman–Crippen LogP) is 1.28. The Bertz CT molecular complexity index is 450. The molecular weight excluding hydrogens is 250 g/mol. The van der Waals surface area contributed by atoms with E-state index >= 15 is 0 Å². The molecule has 0 saturated heterocycles. The van der Waals surface area contributed by atoms with Gasteiger partial charge in [-0.05, 0) is 18.6 Å². The summed E-state index contributed by atoms with van der Waals surface area (Å²) in [6, 6.07) is 2.68. The van der Waals surface area contributed by atoms with Gasteiger partial charge in [0.05, 0.1) is 5.69 Å². The second-order valence-electron chi connectivity index (χ2n) is 3.90. The maximum absolute atomic E-state index is 11.8. The van der Waals surface area contributed by atoms with Crippen molar-refractivity contribution in [3.05, 3.63) is 24.0 Å². The topological polar surface area (TPSA) is 91.8 Å². The maximum Gasteiger partial charge on any atom is 0.356 e. The van der Waals surface area contributed by atoms with Crippen LogP contribution in [0.3, 0.4) is 0 Å². The number of amides is 2. The highest BCUT2D eigenvalue weighted by Gasteiger charge is 2.15. The number of nitrogens with zero attached hydrogens (tertiary/aromatic N) is 2. The van der Waals surface area contributed by atoms with Crippen molar-refractivity contribution in [2.75, 3.05) is 32.6 Å². The molecule has 0 fully saturated rings. The monoisotopic (exact) mass is 267 g/mol. The summed E-state index contributed by atoms with van der Waals surface area (Å²) >= 11 is 0. The zero-order valence-electron chi connectivity index (χ0n) is 10.9. The van der Waals surface area contributed by atoms with Gasteiger partial charge in [0.15, 0.2) is 5.69 Å². The highest BCUT2D eigenvalue weighted by Crippen LogP contribution is 2.12. The molecule has 0 saturated carbocycles. The van der Waals surface area contributed by atoms with E-state index in [9.17, 15) is 9.59 Å². The minimum absolute atomic E-state index is 0.179. The van der Waals surface area contributed by atoms with Crippen LogP contribution in [0.25, 0.3) is 0 Å². The summed E-state index contributed by atoms with van der Waals surface area (Å²) < 4.78 is 4.89. The molecule has 0 aromatic carbocycles. The third-order valence-electron chi connectivity index (χ3n) is 2.44. The number of urea groups is 1. The van der Waals surface area contributed by atoms with Crippen molar-refractivity contribution in [2.45, 2.75) is 6.42 Å². The molecule has 0 spiro atoms. The number of nitrogens with one attached hydrogen (secondary N) is 1. The molecule has 1 rings (SSSR count). The number of carboxylic acid groups (broad SMARTS) is 1. The van der Waals surface area contributed by atoms with Gasteiger partial charge in [-0.15, -0.1) is 0 Å². The zero-order valence-corrected chi connectivity index (χ0v) is 10.9. The smallest absolute Gasteiger partial charge is 0.356 e. The first kappa shape index (κ1) is 14.9. The average molecular weight is 267 g/mol. The molecule has 0 unspecified atom stereocenters. The van der Waals surface area contributed by atoms with E-state index in [0.717, 1.165) is 0 Å². The van der Waals surface area contributed by atoms with Crippen molar-refractivity contribution >= 4 is 17.7 Å². The SMILES string of the molecule is COCCCN(C)C(=O)Nc1cccnc1C(=O)O. The van der Waals surface area contributed by atoms with Crippen LogP contribution in [-0.2, 0) is 4.74 Å². The number of methoxy groups -OCH3 is 1. The van der Waals surface area contributed by atoms with Crippen LogP contribution in [0.5, 0.6) is 0 Å². The second-order valence-corrected chi connectivity index (χ2v) is 3.90. The normalized spacial score (nSPS) is 10.0. The molecule has 7 nitrogen and oxygen atoms in total. The zero-order chi connectivity index (χ0) is 14.3. The van der Waals surface area contributed by atoms with Gasteiger partial charge in [0.25, 0.3) is 0 Å². The van der Waals surface area contributed by atoms with Gasteiger partial charge in [-0.3, -0.25) is 0 Å². The van der Waals surface area contributed by atoms with E-state index in [1.165, 1.54) is 17.2 Å². The van der Waals surface area contributed by atoms with Crippen LogP contribution in [0.2, 0.25) is 0 Å². The minimum atomic E-state index is -1.18. The van der Waals surface area contributed by atoms with Crippen molar-refractivity contribution in [3.63, 3.8) is 0 Å². The van der Waals surface area contributed by atoms with Crippen LogP contribution in [0, 0.1) is 0 Å². The largest absolute Gasteiger partial charge is 0.476 e. The van der Waals surface area contributed by atoms with Crippen molar-refractivity contribution in [1.29, 1.82) is 0 Å². The van der Waals surface area contributed by atoms with Crippen molar-refractivity contribution in [3.8, 4) is 0 Å². The van der Waals surface area contributed by atoms with Crippen LogP contribution < -0.4 is 5.32 Å². The summed E-state index contributed by atoms with van der Waals surface area (Å²) in [5.74, 6) is -1.18. The van der Waals surface area contributed by atoms with E-state index in [-0.39, 0.29) is 17.4 Å². The highest BCUT2D eigenvalue weighted by molar-refractivity contribution is 5.98. The lowest BCUT2D eigenvalue weighted by molar-refractivity contribution is 0.0691. The first-order valence-corrected chi connectivity index (χ1v) is 5.75. The van der Waals surface area contributed by atoms with Gasteiger partial charge in [-0.2, -0.15) is 0 Å². The molecule has 1 heterocycles. The Hall–Kier alpha value is -2.15. The van der Waals surface area contributed by atoms with Crippen LogP contribution in [0.4, 0.5) is 10.5 Å². The van der Waals surface area contributed by atoms with Gasteiger partial charge in [-0.1, -0.05) is 0 Å². The molecule has 1 aromatic rings. The number of carboxylic acids is 1. The fraction of sp³-hybridized carbons (Fsp3) is 0.417. The molecule has 0 atom stereocenters. The van der Waals surface area contributed by atoms with Gasteiger partial charge in [0, 0.05) is 33.5 Å². The summed E-state index contributed by atoms with van der Waals surface area (Å²) in [6.45, 7) is 1.08. The average Bonchev–Trinajstić information content (AvgIpc) is 2.39. The predicted molar refractivity (Wildman–Crippen MR) is 69.3 cm³/mol. The molecule has 19 heavy (non-hydrogen) atoms. The summed E-state index contributed by atoms with van der Waals surface area (Å²) in [4.78, 5) is 27.9. The summed E-state index contributed by atoms with van der Waals surface area (Å²) in [7, 11) is 3.22. The number of carbonyl (C=O) groups excluding carboxylic acids is 1. The van der Waals surface area contributed by atoms with Crippen molar-refractivity contribution in [2.24, 2.45) is 0 Å². The molecular formula is C12H17N3O4. The quantitative estimate of drug-likeness (QED) is 0.757. The molecule has 0 bridgehead atoms. The van der Waals surface area contributed by atoms with Gasteiger partial charge in [0.2, 0.25) is 0 Å². The summed E-state index contributed by atoms with van der Waals surface area (Å²) in [5.41, 5.74) is -0.000247. The fourth-order valence-corrected chi connectivity index (χ4v) is 1.43. The lowest BCUT2D eigenvalue weighted by atomic mass is 10.3. The Labute approximate surface area is 111 Å². The third-order valence-corrected chi connectivity index (χ3v) is 2.44. The maximum atomic E-state index is 11.8. The Balaban J connectivity index is 2.64. The van der Waals surface area contributed by atoms with Gasteiger partial charge < -0.3 is 20.1 Å². The number of rotatable bonds is 6. The lowest BCUT2D eigenvalue weighted by Gasteiger charge is -2.18. The van der Waals surface area contributed by atoms with Crippen molar-refractivity contribution in [1.82, 2.24) is 9.88 Å². The Morgan fingerprint density at radius 1 is 1.53 bits per heavy atom. The molecule has 0 aliphatic rings. The van der Waals surface area contributed by atoms with Crippen molar-refractivity contribution < 1.29 is 19.4 Å². The molecule has 2 N–H and O–H groups in total. The fourth-order valence-electron chi connectivity index (χ4n) is 1.43. The van der Waals surface area contributed by atoms with Crippen LogP contribution in [-0.4, -0.2) is 54.3 Å². The molecule has 2 amide bonds. The number of aromatic carboxylic acids is 1. The molecule has 0 aliphatic heterocycles. The third kappa shape index (κ3) is 4.55. The van der Waals surface area contributed by atoms with E-state index < -0.39 is 5.97 Å². The standard InChI is InChI=1S/C12H17N3O4/c1-15(7-4-8-19-2)12(18)14-9-5-3-6-13-10(9)11(16)17/h3,5-6H,4,7-8H2,1-2H3,(H,14,18)(H,16,17). The second kappa shape index (κ2) is 7.32. The highest BCUT2D eigenvalue weighted by atomic mass is 16.5. The van der Waals surface area contributed by atoms with E-state index in [2.05, 4.69) is 10.3 Å². The number of aromatic nitrogens is 1. The molecule has 0 aliphatic carbocycles. The van der Waals surface area contributed by atoms with Crippen LogP contribution in [0.1, 0.15) is 16.9 Å². The first-order valence-electron chi connectivity index (χ1n) is 5.75. The van der Waals surface area contributed by atoms with Gasteiger partial charge in [-0.25, -0.2) is 14.6 Å². The number of hydrogen-bond acceptors (Lipinski definition) is 4. The van der Waals surface area contributed by atoms with Gasteiger partial charge in [0.1, 0.15) is 0 Å². The van der Waals surface area contributed by atoms with E-state index in [1.807, 2.05) is 0 Å². The number of carbonyl (C=O) groups is 2. The number of anilines is 1. The van der Waals surface area contributed by atoms with E-state index in [0.29, 0.717) is 19.6 Å². The molecule has 7 heteroatoms. The Kier molecular flexibility index (Phi) is 5.74. The Morgan fingerprint density at radius 2 is 2.26 bits per heavy atom. The summed E-state index contributed by atoms with van der Waals surface area (Å²) in [6.07, 6.45) is 2.07. The summed E-state index contributed by atoms with van der Waals surface area (Å²) in [5, 5.41) is 11.5. The minimum Gasteiger partial charge on any atom is -0.476 e. The molecule has 104 valence electrons. The molecule has 1 aromatic heterocycles. The number of hydrogen-bond donors (Lipinski definition) is 2. The van der Waals surface area contributed by atoms with Gasteiger partial charge >= 0.3 is 12.0 Å². The number of ether oxygens (including phenoxy) is 1. The first-order chi connectivity index (χ1) is 9.06. The van der Waals surface area contributed by atoms with Crippen LogP contribution >= 0.6 is 0 Å². The number of pyridine rings is 1. The van der Waals surface area contributed by atoms with E-state index in [1.54, 1.807) is 20.2 Å². The molecule has 0 radical (unpaired) electrons. The lowest BCUT2D eigenvalue weighted by Crippen LogP contribution is -2.33.